The lowest BCUT2D eigenvalue weighted by Crippen LogP contribution is -2.50. The van der Waals surface area contributed by atoms with Crippen LogP contribution in [0.4, 0.5) is 11.4 Å². The van der Waals surface area contributed by atoms with Gasteiger partial charge in [-0.15, -0.1) is 0 Å². The molecule has 1 saturated heterocycles. The summed E-state index contributed by atoms with van der Waals surface area (Å²) in [5, 5.41) is 20.0. The number of nitro benzene ring substituents is 1. The smallest absolute Gasteiger partial charge is 0.325 e. The van der Waals surface area contributed by atoms with Gasteiger partial charge in [0, 0.05) is 29.2 Å². The number of benzene rings is 1. The molecule has 0 bridgehead atoms. The standard InChI is InChI=1S/C12H14BrN3O4/c1-7-4-10(8(13)5-9(7)16(19)20)15-3-2-12(14,6-15)11(17)18/h4-5H,2-3,6,14H2,1H3,(H,17,18). The zero-order valence-corrected chi connectivity index (χ0v) is 12.4. The van der Waals surface area contributed by atoms with Gasteiger partial charge in [0.25, 0.3) is 5.69 Å². The van der Waals surface area contributed by atoms with Crippen LogP contribution in [-0.2, 0) is 4.79 Å². The molecule has 1 unspecified atom stereocenters. The van der Waals surface area contributed by atoms with Crippen LogP contribution >= 0.6 is 15.9 Å². The number of rotatable bonds is 3. The van der Waals surface area contributed by atoms with E-state index in [1.165, 1.54) is 6.07 Å². The van der Waals surface area contributed by atoms with Gasteiger partial charge in [-0.05, 0) is 35.3 Å². The maximum absolute atomic E-state index is 11.1. The molecule has 0 saturated carbocycles. The van der Waals surface area contributed by atoms with Gasteiger partial charge in [-0.3, -0.25) is 14.9 Å². The van der Waals surface area contributed by atoms with E-state index in [1.807, 2.05) is 4.90 Å². The van der Waals surface area contributed by atoms with Crippen LogP contribution in [0.2, 0.25) is 0 Å². The van der Waals surface area contributed by atoms with Gasteiger partial charge in [0.2, 0.25) is 0 Å². The van der Waals surface area contributed by atoms with Crippen molar-refractivity contribution in [2.24, 2.45) is 5.73 Å². The van der Waals surface area contributed by atoms with Crippen LogP contribution in [-0.4, -0.2) is 34.6 Å². The van der Waals surface area contributed by atoms with Gasteiger partial charge in [-0.2, -0.15) is 0 Å². The molecule has 1 heterocycles. The first kappa shape index (κ1) is 14.7. The van der Waals surface area contributed by atoms with E-state index in [-0.39, 0.29) is 12.2 Å². The quantitative estimate of drug-likeness (QED) is 0.637. The lowest BCUT2D eigenvalue weighted by molar-refractivity contribution is -0.385. The highest BCUT2D eigenvalue weighted by Crippen LogP contribution is 2.36. The van der Waals surface area contributed by atoms with Crippen molar-refractivity contribution in [2.45, 2.75) is 18.9 Å². The van der Waals surface area contributed by atoms with E-state index >= 15 is 0 Å². The highest BCUT2D eigenvalue weighted by molar-refractivity contribution is 9.10. The number of aliphatic carboxylic acids is 1. The van der Waals surface area contributed by atoms with E-state index in [2.05, 4.69) is 15.9 Å². The summed E-state index contributed by atoms with van der Waals surface area (Å²) < 4.78 is 0.560. The Morgan fingerprint density at radius 3 is 2.75 bits per heavy atom. The second-order valence-electron chi connectivity index (χ2n) is 4.98. The third kappa shape index (κ3) is 2.48. The molecule has 1 fully saturated rings. The van der Waals surface area contributed by atoms with Crippen LogP contribution in [0.3, 0.4) is 0 Å². The van der Waals surface area contributed by atoms with Gasteiger partial charge in [0.1, 0.15) is 5.54 Å². The largest absolute Gasteiger partial charge is 0.480 e. The Morgan fingerprint density at radius 1 is 1.60 bits per heavy atom. The summed E-state index contributed by atoms with van der Waals surface area (Å²) in [6.45, 7) is 2.33. The Bertz CT molecular complexity index is 592. The van der Waals surface area contributed by atoms with E-state index in [4.69, 9.17) is 10.8 Å². The Balaban J connectivity index is 2.34. The van der Waals surface area contributed by atoms with Crippen molar-refractivity contribution in [1.82, 2.24) is 0 Å². The molecule has 1 aliphatic heterocycles. The Kier molecular flexibility index (Phi) is 3.70. The van der Waals surface area contributed by atoms with Crippen molar-refractivity contribution in [3.05, 3.63) is 32.3 Å². The van der Waals surface area contributed by atoms with Gasteiger partial charge >= 0.3 is 5.97 Å². The first-order chi connectivity index (χ1) is 9.24. The number of anilines is 1. The third-order valence-corrected chi connectivity index (χ3v) is 4.16. The summed E-state index contributed by atoms with van der Waals surface area (Å²) in [5.74, 6) is -1.03. The van der Waals surface area contributed by atoms with Crippen LogP contribution in [0.25, 0.3) is 0 Å². The molecule has 7 nitrogen and oxygen atoms in total. The summed E-state index contributed by atoms with van der Waals surface area (Å²) in [7, 11) is 0. The summed E-state index contributed by atoms with van der Waals surface area (Å²) >= 11 is 3.30. The molecule has 8 heteroatoms. The fraction of sp³-hybridized carbons (Fsp3) is 0.417. The molecular formula is C12H14BrN3O4. The summed E-state index contributed by atoms with van der Waals surface area (Å²) in [6, 6.07) is 3.11. The number of nitrogens with two attached hydrogens (primary N) is 1. The minimum atomic E-state index is -1.27. The SMILES string of the molecule is Cc1cc(N2CCC(N)(C(=O)O)C2)c(Br)cc1[N+](=O)[O-]. The summed E-state index contributed by atoms with van der Waals surface area (Å²) in [6.07, 6.45) is 0.338. The number of carboxylic acids is 1. The average molecular weight is 344 g/mol. The van der Waals surface area contributed by atoms with Crippen molar-refractivity contribution in [3.63, 3.8) is 0 Å². The number of hydrogen-bond acceptors (Lipinski definition) is 5. The molecule has 0 radical (unpaired) electrons. The normalized spacial score (nSPS) is 22.1. The van der Waals surface area contributed by atoms with Crippen molar-refractivity contribution < 1.29 is 14.8 Å². The average Bonchev–Trinajstić information content (AvgIpc) is 2.75. The molecule has 0 spiro atoms. The number of nitro groups is 1. The molecule has 108 valence electrons. The molecule has 2 rings (SSSR count). The first-order valence-corrected chi connectivity index (χ1v) is 6.76. The van der Waals surface area contributed by atoms with Crippen LogP contribution in [0, 0.1) is 17.0 Å². The van der Waals surface area contributed by atoms with Crippen molar-refractivity contribution in [1.29, 1.82) is 0 Å². The third-order valence-electron chi connectivity index (χ3n) is 3.53. The molecule has 1 aromatic rings. The second kappa shape index (κ2) is 5.02. The maximum atomic E-state index is 11.1. The Morgan fingerprint density at radius 2 is 2.25 bits per heavy atom. The molecule has 1 aliphatic rings. The fourth-order valence-electron chi connectivity index (χ4n) is 2.31. The van der Waals surface area contributed by atoms with Crippen LogP contribution in [0.15, 0.2) is 16.6 Å². The Hall–Kier alpha value is -1.67. The molecule has 0 aromatic heterocycles. The molecule has 20 heavy (non-hydrogen) atoms. The number of halogens is 1. The predicted molar refractivity (Wildman–Crippen MR) is 76.9 cm³/mol. The zero-order valence-electron chi connectivity index (χ0n) is 10.8. The van der Waals surface area contributed by atoms with E-state index < -0.39 is 16.4 Å². The van der Waals surface area contributed by atoms with E-state index in [1.54, 1.807) is 13.0 Å². The zero-order chi connectivity index (χ0) is 15.1. The summed E-state index contributed by atoms with van der Waals surface area (Å²) in [4.78, 5) is 23.4. The van der Waals surface area contributed by atoms with Crippen molar-refractivity contribution in [3.8, 4) is 0 Å². The van der Waals surface area contributed by atoms with Gasteiger partial charge < -0.3 is 15.7 Å². The Labute approximate surface area is 123 Å². The number of hydrogen-bond donors (Lipinski definition) is 2. The lowest BCUT2D eigenvalue weighted by atomic mass is 10.0. The molecule has 1 aromatic carbocycles. The van der Waals surface area contributed by atoms with E-state index in [0.717, 1.165) is 5.69 Å². The van der Waals surface area contributed by atoms with E-state index in [0.29, 0.717) is 23.0 Å². The molecular weight excluding hydrogens is 330 g/mol. The van der Waals surface area contributed by atoms with E-state index in [9.17, 15) is 14.9 Å². The van der Waals surface area contributed by atoms with Crippen molar-refractivity contribution in [2.75, 3.05) is 18.0 Å². The number of aryl methyl sites for hydroxylation is 1. The number of nitrogens with zero attached hydrogens (tertiary/aromatic N) is 2. The van der Waals surface area contributed by atoms with Crippen molar-refractivity contribution >= 4 is 33.3 Å². The highest BCUT2D eigenvalue weighted by Gasteiger charge is 2.41. The molecule has 0 amide bonds. The first-order valence-electron chi connectivity index (χ1n) is 5.96. The van der Waals surface area contributed by atoms with Gasteiger partial charge in [-0.25, -0.2) is 0 Å². The minimum Gasteiger partial charge on any atom is -0.480 e. The van der Waals surface area contributed by atoms with Gasteiger partial charge in [0.05, 0.1) is 10.6 Å². The van der Waals surface area contributed by atoms with Crippen LogP contribution < -0.4 is 10.6 Å². The van der Waals surface area contributed by atoms with Crippen LogP contribution in [0.1, 0.15) is 12.0 Å². The molecule has 3 N–H and O–H groups in total. The minimum absolute atomic E-state index is 0.0251. The van der Waals surface area contributed by atoms with Crippen LogP contribution in [0.5, 0.6) is 0 Å². The van der Waals surface area contributed by atoms with Gasteiger partial charge in [-0.1, -0.05) is 0 Å². The second-order valence-corrected chi connectivity index (χ2v) is 5.83. The van der Waals surface area contributed by atoms with Gasteiger partial charge in [0.15, 0.2) is 0 Å². The highest BCUT2D eigenvalue weighted by atomic mass is 79.9. The monoisotopic (exact) mass is 343 g/mol. The topological polar surface area (TPSA) is 110 Å². The summed E-state index contributed by atoms with van der Waals surface area (Å²) in [5.41, 5.74) is 5.84. The number of carbonyl (C=O) groups is 1. The lowest BCUT2D eigenvalue weighted by Gasteiger charge is -2.23. The predicted octanol–water partition coefficient (Wildman–Crippen LogP) is 1.66. The number of carboxylic acid groups (broad SMARTS) is 1. The molecule has 0 aliphatic carbocycles. The molecule has 1 atom stereocenters. The maximum Gasteiger partial charge on any atom is 0.325 e. The fourth-order valence-corrected chi connectivity index (χ4v) is 2.89.